The van der Waals surface area contributed by atoms with Gasteiger partial charge in [-0.05, 0) is 42.2 Å². The highest BCUT2D eigenvalue weighted by Gasteiger charge is 2.11. The zero-order valence-corrected chi connectivity index (χ0v) is 15.3. The predicted octanol–water partition coefficient (Wildman–Crippen LogP) is 3.23. The van der Waals surface area contributed by atoms with Gasteiger partial charge in [0.2, 0.25) is 0 Å². The van der Waals surface area contributed by atoms with Crippen molar-refractivity contribution in [3.8, 4) is 5.75 Å². The van der Waals surface area contributed by atoms with Gasteiger partial charge in [0.1, 0.15) is 5.75 Å². The third-order valence-electron chi connectivity index (χ3n) is 3.62. The Bertz CT molecular complexity index is 730. The number of nitrogens with zero attached hydrogens (tertiary/aromatic N) is 1. The minimum Gasteiger partial charge on any atom is -0.484 e. The van der Waals surface area contributed by atoms with Crippen LogP contribution in [0.4, 0.5) is 0 Å². The molecule has 0 spiro atoms. The molecule has 25 heavy (non-hydrogen) atoms. The van der Waals surface area contributed by atoms with Crippen LogP contribution in [0, 0.1) is 0 Å². The highest BCUT2D eigenvalue weighted by Crippen LogP contribution is 2.16. The van der Waals surface area contributed by atoms with Gasteiger partial charge in [-0.2, -0.15) is 0 Å². The summed E-state index contributed by atoms with van der Waals surface area (Å²) in [5.74, 6) is -0.131. The third-order valence-corrected chi connectivity index (χ3v) is 4.37. The molecule has 0 heterocycles. The number of esters is 1. The molecule has 0 saturated carbocycles. The second kappa shape index (κ2) is 9.13. The Morgan fingerprint density at radius 1 is 1.12 bits per heavy atom. The normalized spacial score (nSPS) is 10.2. The van der Waals surface area contributed by atoms with Crippen molar-refractivity contribution in [3.63, 3.8) is 0 Å². The summed E-state index contributed by atoms with van der Waals surface area (Å²) in [6.45, 7) is 0.420. The molecule has 5 nitrogen and oxygen atoms in total. The second-order valence-corrected chi connectivity index (χ2v) is 6.29. The summed E-state index contributed by atoms with van der Waals surface area (Å²) < 4.78 is 10.2. The van der Waals surface area contributed by atoms with E-state index in [1.807, 2.05) is 30.5 Å². The Balaban J connectivity index is 1.89. The first-order valence-electron chi connectivity index (χ1n) is 7.71. The smallest absolute Gasteiger partial charge is 0.337 e. The average molecular weight is 359 g/mol. The summed E-state index contributed by atoms with van der Waals surface area (Å²) in [4.78, 5) is 26.5. The number of likely N-dealkylation sites (N-methyl/N-ethyl adjacent to an activating group) is 1. The molecule has 0 radical (unpaired) electrons. The number of methoxy groups -OCH3 is 1. The monoisotopic (exact) mass is 359 g/mol. The summed E-state index contributed by atoms with van der Waals surface area (Å²) >= 11 is 1.68. The van der Waals surface area contributed by atoms with Crippen LogP contribution in [0.25, 0.3) is 0 Å². The molecule has 0 fully saturated rings. The number of benzene rings is 2. The minimum absolute atomic E-state index is 0.0932. The molecule has 0 aliphatic carbocycles. The molecule has 0 bridgehead atoms. The molecule has 0 aromatic heterocycles. The van der Waals surface area contributed by atoms with Crippen LogP contribution in [0.1, 0.15) is 15.9 Å². The molecule has 0 atom stereocenters. The molecule has 0 aliphatic rings. The van der Waals surface area contributed by atoms with E-state index in [4.69, 9.17) is 4.74 Å². The molecular weight excluding hydrogens is 338 g/mol. The molecule has 0 unspecified atom stereocenters. The first-order valence-corrected chi connectivity index (χ1v) is 8.94. The van der Waals surface area contributed by atoms with Crippen LogP contribution in [-0.4, -0.2) is 43.8 Å². The zero-order valence-electron chi connectivity index (χ0n) is 14.5. The summed E-state index contributed by atoms with van der Waals surface area (Å²) in [6, 6.07) is 14.7. The van der Waals surface area contributed by atoms with Crippen molar-refractivity contribution in [2.24, 2.45) is 0 Å². The van der Waals surface area contributed by atoms with Crippen LogP contribution in [0.5, 0.6) is 5.75 Å². The van der Waals surface area contributed by atoms with Crippen molar-refractivity contribution in [1.29, 1.82) is 0 Å². The van der Waals surface area contributed by atoms with Gasteiger partial charge in [-0.25, -0.2) is 4.79 Å². The number of amides is 1. The van der Waals surface area contributed by atoms with Gasteiger partial charge in [0, 0.05) is 18.5 Å². The van der Waals surface area contributed by atoms with Crippen molar-refractivity contribution in [2.45, 2.75) is 11.4 Å². The van der Waals surface area contributed by atoms with Gasteiger partial charge in [-0.3, -0.25) is 4.79 Å². The maximum absolute atomic E-state index is 12.2. The van der Waals surface area contributed by atoms with Crippen LogP contribution < -0.4 is 4.74 Å². The van der Waals surface area contributed by atoms with Gasteiger partial charge in [0.25, 0.3) is 5.91 Å². The van der Waals surface area contributed by atoms with Crippen LogP contribution in [0.15, 0.2) is 53.4 Å². The lowest BCUT2D eigenvalue weighted by Crippen LogP contribution is -2.30. The molecule has 1 amide bonds. The van der Waals surface area contributed by atoms with Crippen LogP contribution in [-0.2, 0) is 16.1 Å². The van der Waals surface area contributed by atoms with Crippen molar-refractivity contribution in [3.05, 3.63) is 59.7 Å². The molecule has 132 valence electrons. The van der Waals surface area contributed by atoms with E-state index in [1.54, 1.807) is 48.0 Å². The number of rotatable bonds is 7. The Labute approximate surface area is 151 Å². The van der Waals surface area contributed by atoms with Crippen LogP contribution >= 0.6 is 11.8 Å². The number of carbonyl (C=O) groups is 2. The van der Waals surface area contributed by atoms with E-state index < -0.39 is 5.97 Å². The van der Waals surface area contributed by atoms with E-state index >= 15 is 0 Å². The highest BCUT2D eigenvalue weighted by atomic mass is 32.2. The quantitative estimate of drug-likeness (QED) is 0.561. The Kier molecular flexibility index (Phi) is 6.89. The minimum atomic E-state index is -0.442. The first-order chi connectivity index (χ1) is 12.0. The lowest BCUT2D eigenvalue weighted by atomic mass is 10.2. The second-order valence-electron chi connectivity index (χ2n) is 5.41. The number of ether oxygens (including phenoxy) is 2. The van der Waals surface area contributed by atoms with Gasteiger partial charge in [-0.1, -0.05) is 18.2 Å². The Hall–Kier alpha value is -2.47. The molecule has 0 N–H and O–H groups in total. The number of thioether (sulfide) groups is 1. The topological polar surface area (TPSA) is 55.8 Å². The van der Waals surface area contributed by atoms with E-state index in [2.05, 4.69) is 4.74 Å². The van der Waals surface area contributed by atoms with E-state index in [1.165, 1.54) is 12.0 Å². The molecule has 2 aromatic carbocycles. The van der Waals surface area contributed by atoms with E-state index in [0.717, 1.165) is 5.56 Å². The maximum atomic E-state index is 12.2. The average Bonchev–Trinajstić information content (AvgIpc) is 2.66. The fraction of sp³-hybridized carbons (Fsp3) is 0.263. The Morgan fingerprint density at radius 3 is 2.48 bits per heavy atom. The van der Waals surface area contributed by atoms with Crippen molar-refractivity contribution in [2.75, 3.05) is 27.0 Å². The van der Waals surface area contributed by atoms with E-state index in [-0.39, 0.29) is 12.5 Å². The molecule has 2 rings (SSSR count). The van der Waals surface area contributed by atoms with Crippen molar-refractivity contribution >= 4 is 23.6 Å². The van der Waals surface area contributed by atoms with Gasteiger partial charge < -0.3 is 14.4 Å². The predicted molar refractivity (Wildman–Crippen MR) is 98.0 cm³/mol. The summed E-state index contributed by atoms with van der Waals surface area (Å²) in [5.41, 5.74) is 1.44. The Morgan fingerprint density at radius 2 is 1.84 bits per heavy atom. The van der Waals surface area contributed by atoms with Gasteiger partial charge in [0.05, 0.1) is 12.7 Å². The third kappa shape index (κ3) is 5.53. The summed E-state index contributed by atoms with van der Waals surface area (Å²) in [6.07, 6.45) is 2.02. The van der Waals surface area contributed by atoms with Gasteiger partial charge >= 0.3 is 5.97 Å². The summed E-state index contributed by atoms with van der Waals surface area (Å²) in [7, 11) is 3.05. The maximum Gasteiger partial charge on any atom is 0.337 e. The number of hydrogen-bond donors (Lipinski definition) is 0. The van der Waals surface area contributed by atoms with Crippen LogP contribution in [0.3, 0.4) is 0 Å². The fourth-order valence-corrected chi connectivity index (χ4v) is 2.59. The number of hydrogen-bond acceptors (Lipinski definition) is 5. The molecule has 0 aliphatic heterocycles. The fourth-order valence-electron chi connectivity index (χ4n) is 2.18. The SMILES string of the molecule is COC(=O)c1cccc(OCC(=O)N(C)Cc2ccc(SC)cc2)c1. The lowest BCUT2D eigenvalue weighted by molar-refractivity contribution is -0.132. The van der Waals surface area contributed by atoms with Crippen LogP contribution in [0.2, 0.25) is 0 Å². The van der Waals surface area contributed by atoms with Crippen molar-refractivity contribution < 1.29 is 19.1 Å². The summed E-state index contributed by atoms with van der Waals surface area (Å²) in [5, 5.41) is 0. The molecule has 2 aromatic rings. The largest absolute Gasteiger partial charge is 0.484 e. The first kappa shape index (κ1) is 18.9. The van der Waals surface area contributed by atoms with Crippen molar-refractivity contribution in [1.82, 2.24) is 4.90 Å². The molecular formula is C19H21NO4S. The molecule has 0 saturated heterocycles. The molecule has 6 heteroatoms. The van der Waals surface area contributed by atoms with Gasteiger partial charge in [-0.15, -0.1) is 11.8 Å². The zero-order chi connectivity index (χ0) is 18.2. The van der Waals surface area contributed by atoms with E-state index in [0.29, 0.717) is 17.9 Å². The van der Waals surface area contributed by atoms with Gasteiger partial charge in [0.15, 0.2) is 6.61 Å². The lowest BCUT2D eigenvalue weighted by Gasteiger charge is -2.18. The standard InChI is InChI=1S/C19H21NO4S/c1-20(12-14-7-9-17(25-3)10-8-14)18(21)13-24-16-6-4-5-15(11-16)19(22)23-2/h4-11H,12-13H2,1-3H3. The highest BCUT2D eigenvalue weighted by molar-refractivity contribution is 7.98. The number of carbonyl (C=O) groups excluding carboxylic acids is 2. The van der Waals surface area contributed by atoms with E-state index in [9.17, 15) is 9.59 Å².